The van der Waals surface area contributed by atoms with Crippen molar-refractivity contribution in [1.82, 2.24) is 24.9 Å². The van der Waals surface area contributed by atoms with Crippen LogP contribution in [-0.2, 0) is 9.57 Å². The number of fused-ring (bicyclic) bond motifs is 1. The summed E-state index contributed by atoms with van der Waals surface area (Å²) in [5, 5.41) is 1.94. The number of piperazine rings is 1. The second-order valence-electron chi connectivity index (χ2n) is 6.34. The molecule has 2 aliphatic rings. The number of hydrogen-bond donors (Lipinski definition) is 0. The number of ether oxygens (including phenoxy) is 1. The number of aromatic nitrogens is 3. The van der Waals surface area contributed by atoms with Gasteiger partial charge in [0, 0.05) is 44.8 Å². The van der Waals surface area contributed by atoms with E-state index in [0.717, 1.165) is 13.1 Å². The fourth-order valence-electron chi connectivity index (χ4n) is 2.98. The number of hydrogen-bond acceptors (Lipinski definition) is 9. The minimum Gasteiger partial charge on any atom is -0.402 e. The molecule has 10 nitrogen and oxygen atoms in total. The molecule has 1 saturated heterocycles. The number of amides is 1. The third kappa shape index (κ3) is 3.61. The van der Waals surface area contributed by atoms with Gasteiger partial charge in [-0.15, -0.1) is 5.06 Å². The van der Waals surface area contributed by atoms with Crippen molar-refractivity contribution in [3.05, 3.63) is 47.1 Å². The molecule has 146 valence electrons. The molecule has 0 saturated carbocycles. The van der Waals surface area contributed by atoms with Crippen LogP contribution in [0, 0.1) is 0 Å². The lowest BCUT2D eigenvalue weighted by molar-refractivity contribution is -0.150. The molecule has 28 heavy (non-hydrogen) atoms. The summed E-state index contributed by atoms with van der Waals surface area (Å²) in [5.74, 6) is -0.220. The number of nitrogens with zero attached hydrogens (tertiary/aromatic N) is 6. The van der Waals surface area contributed by atoms with Gasteiger partial charge in [0.05, 0.1) is 5.02 Å². The van der Waals surface area contributed by atoms with Gasteiger partial charge in [-0.05, 0) is 19.2 Å². The fourth-order valence-corrected chi connectivity index (χ4v) is 3.09. The zero-order valence-electron chi connectivity index (χ0n) is 15.0. The van der Waals surface area contributed by atoms with E-state index in [0.29, 0.717) is 18.1 Å². The highest BCUT2D eigenvalue weighted by atomic mass is 35.5. The minimum absolute atomic E-state index is 0.0941. The number of likely N-dealkylation sites (N-methyl/N-ethyl adjacent to an activating group) is 1. The Morgan fingerprint density at radius 3 is 2.61 bits per heavy atom. The number of anilines is 1. The molecule has 0 spiro atoms. The summed E-state index contributed by atoms with van der Waals surface area (Å²) in [4.78, 5) is 46.1. The van der Waals surface area contributed by atoms with Crippen LogP contribution < -0.4 is 4.90 Å². The summed E-state index contributed by atoms with van der Waals surface area (Å²) < 4.78 is 5.45. The maximum atomic E-state index is 12.8. The Labute approximate surface area is 165 Å². The van der Waals surface area contributed by atoms with Crippen molar-refractivity contribution in [2.45, 2.75) is 6.23 Å². The van der Waals surface area contributed by atoms with Gasteiger partial charge in [-0.3, -0.25) is 9.78 Å². The predicted molar refractivity (Wildman–Crippen MR) is 97.5 cm³/mol. The highest BCUT2D eigenvalue weighted by Crippen LogP contribution is 2.35. The molecule has 0 bridgehead atoms. The monoisotopic (exact) mass is 404 g/mol. The van der Waals surface area contributed by atoms with Gasteiger partial charge < -0.3 is 14.5 Å². The standard InChI is InChI=1S/C17H17ClN6O4/c1-22-6-8-23(9-7-22)28-17(26)27-16-14-13(19-4-5-20-14)15(25)24(16)12-3-2-11(18)10-21-12/h2-5,10,16H,6-9H2,1H3. The molecule has 2 aromatic heterocycles. The Morgan fingerprint density at radius 2 is 1.89 bits per heavy atom. The quantitative estimate of drug-likeness (QED) is 0.704. The van der Waals surface area contributed by atoms with E-state index in [1.54, 1.807) is 12.1 Å². The molecule has 1 fully saturated rings. The minimum atomic E-state index is -1.13. The third-order valence-electron chi connectivity index (χ3n) is 4.45. The lowest BCUT2D eigenvalue weighted by Crippen LogP contribution is -2.45. The molecule has 0 aliphatic carbocycles. The van der Waals surface area contributed by atoms with Crippen LogP contribution in [0.5, 0.6) is 0 Å². The van der Waals surface area contributed by atoms with Gasteiger partial charge in [-0.1, -0.05) is 11.6 Å². The molecular weight excluding hydrogens is 388 g/mol. The van der Waals surface area contributed by atoms with Crippen LogP contribution >= 0.6 is 11.6 Å². The van der Waals surface area contributed by atoms with E-state index in [1.165, 1.54) is 28.6 Å². The second-order valence-corrected chi connectivity index (χ2v) is 6.78. The van der Waals surface area contributed by atoms with Crippen molar-refractivity contribution >= 4 is 29.5 Å². The zero-order valence-corrected chi connectivity index (χ0v) is 15.7. The number of carbonyl (C=O) groups is 2. The summed E-state index contributed by atoms with van der Waals surface area (Å²) in [6, 6.07) is 3.13. The average Bonchev–Trinajstić information content (AvgIpc) is 2.97. The van der Waals surface area contributed by atoms with Crippen LogP contribution in [0.1, 0.15) is 22.4 Å². The molecule has 1 atom stereocenters. The van der Waals surface area contributed by atoms with Gasteiger partial charge in [0.15, 0.2) is 5.69 Å². The zero-order chi connectivity index (χ0) is 19.7. The summed E-state index contributed by atoms with van der Waals surface area (Å²) >= 11 is 5.88. The molecule has 0 aromatic carbocycles. The van der Waals surface area contributed by atoms with E-state index in [2.05, 4.69) is 19.9 Å². The van der Waals surface area contributed by atoms with E-state index in [-0.39, 0.29) is 17.2 Å². The van der Waals surface area contributed by atoms with E-state index in [9.17, 15) is 9.59 Å². The Morgan fingerprint density at radius 1 is 1.14 bits per heavy atom. The largest absolute Gasteiger partial charge is 0.530 e. The van der Waals surface area contributed by atoms with Crippen molar-refractivity contribution in [2.75, 3.05) is 38.1 Å². The molecule has 11 heteroatoms. The molecule has 2 aliphatic heterocycles. The highest BCUT2D eigenvalue weighted by molar-refractivity contribution is 6.30. The molecule has 2 aromatic rings. The fraction of sp³-hybridized carbons (Fsp3) is 0.353. The van der Waals surface area contributed by atoms with Crippen LogP contribution in [-0.4, -0.2) is 70.2 Å². The van der Waals surface area contributed by atoms with Crippen LogP contribution in [0.2, 0.25) is 5.02 Å². The summed E-state index contributed by atoms with van der Waals surface area (Å²) in [6.45, 7) is 2.66. The Kier molecular flexibility index (Phi) is 5.07. The first-order valence-corrected chi connectivity index (χ1v) is 8.99. The van der Waals surface area contributed by atoms with Gasteiger partial charge in [-0.2, -0.15) is 0 Å². The van der Waals surface area contributed by atoms with E-state index >= 15 is 0 Å². The SMILES string of the molecule is CN1CCN(OC(=O)OC2c3nccnc3C(=O)N2c2ccc(Cl)cn2)CC1. The molecular formula is C17H17ClN6O4. The number of carbonyl (C=O) groups excluding carboxylic acids is 2. The summed E-state index contributed by atoms with van der Waals surface area (Å²) in [6.07, 6.45) is 2.15. The van der Waals surface area contributed by atoms with Crippen molar-refractivity contribution < 1.29 is 19.2 Å². The van der Waals surface area contributed by atoms with Crippen molar-refractivity contribution in [3.8, 4) is 0 Å². The average molecular weight is 405 g/mol. The number of halogens is 1. The first kappa shape index (κ1) is 18.5. The smallest absolute Gasteiger partial charge is 0.402 e. The van der Waals surface area contributed by atoms with Crippen molar-refractivity contribution in [1.29, 1.82) is 0 Å². The maximum absolute atomic E-state index is 12.8. The van der Waals surface area contributed by atoms with Gasteiger partial charge >= 0.3 is 6.16 Å². The molecule has 4 rings (SSSR count). The van der Waals surface area contributed by atoms with E-state index in [1.807, 2.05) is 7.05 Å². The Bertz CT molecular complexity index is 887. The first-order chi connectivity index (χ1) is 13.5. The topological polar surface area (TPSA) is 101 Å². The summed E-state index contributed by atoms with van der Waals surface area (Å²) in [7, 11) is 1.99. The Balaban J connectivity index is 1.56. The first-order valence-electron chi connectivity index (χ1n) is 8.61. The van der Waals surface area contributed by atoms with Crippen LogP contribution in [0.25, 0.3) is 0 Å². The normalized spacial score (nSPS) is 20.1. The van der Waals surface area contributed by atoms with Gasteiger partial charge in [0.25, 0.3) is 5.91 Å². The number of pyridine rings is 1. The second kappa shape index (κ2) is 7.66. The van der Waals surface area contributed by atoms with Gasteiger partial charge in [-0.25, -0.2) is 19.7 Å². The third-order valence-corrected chi connectivity index (χ3v) is 4.67. The maximum Gasteiger partial charge on any atom is 0.530 e. The number of rotatable bonds is 3. The van der Waals surface area contributed by atoms with Crippen molar-refractivity contribution in [3.63, 3.8) is 0 Å². The highest BCUT2D eigenvalue weighted by Gasteiger charge is 2.44. The molecule has 1 amide bonds. The molecule has 4 heterocycles. The summed E-state index contributed by atoms with van der Waals surface area (Å²) in [5.41, 5.74) is 0.316. The molecule has 0 N–H and O–H groups in total. The lowest BCUT2D eigenvalue weighted by Gasteiger charge is -2.31. The lowest BCUT2D eigenvalue weighted by atomic mass is 10.3. The number of hydroxylamine groups is 2. The predicted octanol–water partition coefficient (Wildman–Crippen LogP) is 1.50. The van der Waals surface area contributed by atoms with E-state index < -0.39 is 18.3 Å². The van der Waals surface area contributed by atoms with Crippen LogP contribution in [0.15, 0.2) is 30.7 Å². The van der Waals surface area contributed by atoms with E-state index in [4.69, 9.17) is 21.2 Å². The Hall–Kier alpha value is -2.82. The van der Waals surface area contributed by atoms with Crippen molar-refractivity contribution in [2.24, 2.45) is 0 Å². The van der Waals surface area contributed by atoms with Gasteiger partial charge in [0.1, 0.15) is 11.5 Å². The molecule has 0 radical (unpaired) electrons. The molecule has 1 unspecified atom stereocenters. The van der Waals surface area contributed by atoms with Gasteiger partial charge in [0.2, 0.25) is 6.23 Å². The van der Waals surface area contributed by atoms with Crippen LogP contribution in [0.4, 0.5) is 10.6 Å². The van der Waals surface area contributed by atoms with Crippen LogP contribution in [0.3, 0.4) is 0 Å².